The first-order valence-corrected chi connectivity index (χ1v) is 8.55. The van der Waals surface area contributed by atoms with Crippen LogP contribution in [0, 0.1) is 5.92 Å². The van der Waals surface area contributed by atoms with E-state index in [-0.39, 0.29) is 0 Å². The maximum absolute atomic E-state index is 6.50. The van der Waals surface area contributed by atoms with Crippen molar-refractivity contribution >= 4 is 0 Å². The molecule has 1 saturated carbocycles. The van der Waals surface area contributed by atoms with Crippen LogP contribution in [0.5, 0.6) is 0 Å². The molecule has 2 nitrogen and oxygen atoms in total. The van der Waals surface area contributed by atoms with Crippen LogP contribution in [-0.2, 0) is 4.74 Å². The molecule has 2 fully saturated rings. The van der Waals surface area contributed by atoms with Gasteiger partial charge in [-0.3, -0.25) is 0 Å². The first-order valence-electron chi connectivity index (χ1n) is 8.55. The summed E-state index contributed by atoms with van der Waals surface area (Å²) >= 11 is 0. The molecule has 2 heteroatoms. The lowest BCUT2D eigenvalue weighted by Crippen LogP contribution is -2.33. The summed E-state index contributed by atoms with van der Waals surface area (Å²) in [6.07, 6.45) is 12.5. The molecule has 2 rings (SSSR count). The second-order valence-corrected chi connectivity index (χ2v) is 7.10. The standard InChI is InChI=1S/C17H33NO/c1-4-15(13-18-14(2)3)12-16-8-11-17(19-16)9-6-5-7-10-17/h14-16,18H,4-13H2,1-3H3. The highest BCUT2D eigenvalue weighted by Gasteiger charge is 2.40. The van der Waals surface area contributed by atoms with Crippen LogP contribution in [0.2, 0.25) is 0 Å². The molecule has 0 aromatic carbocycles. The molecule has 1 spiro atoms. The highest BCUT2D eigenvalue weighted by Crippen LogP contribution is 2.43. The minimum Gasteiger partial charge on any atom is -0.372 e. The lowest BCUT2D eigenvalue weighted by atomic mass is 9.83. The SMILES string of the molecule is CCC(CNC(C)C)CC1CCC2(CCCCC2)O1. The molecule has 2 unspecified atom stereocenters. The molecule has 2 atom stereocenters. The molecule has 0 aromatic heterocycles. The van der Waals surface area contributed by atoms with Crippen molar-refractivity contribution < 1.29 is 4.74 Å². The maximum Gasteiger partial charge on any atom is 0.0687 e. The van der Waals surface area contributed by atoms with Gasteiger partial charge in [-0.1, -0.05) is 46.5 Å². The van der Waals surface area contributed by atoms with Gasteiger partial charge in [-0.25, -0.2) is 0 Å². The molecule has 1 saturated heterocycles. The van der Waals surface area contributed by atoms with E-state index < -0.39 is 0 Å². The van der Waals surface area contributed by atoms with Gasteiger partial charge in [0.2, 0.25) is 0 Å². The van der Waals surface area contributed by atoms with Gasteiger partial charge in [0.05, 0.1) is 11.7 Å². The van der Waals surface area contributed by atoms with Gasteiger partial charge in [0.1, 0.15) is 0 Å². The highest BCUT2D eigenvalue weighted by molar-refractivity contribution is 4.91. The van der Waals surface area contributed by atoms with Gasteiger partial charge in [-0.05, 0) is 44.6 Å². The third kappa shape index (κ3) is 4.46. The van der Waals surface area contributed by atoms with E-state index in [9.17, 15) is 0 Å². The average molecular weight is 267 g/mol. The fourth-order valence-corrected chi connectivity index (χ4v) is 3.79. The smallest absolute Gasteiger partial charge is 0.0687 e. The van der Waals surface area contributed by atoms with E-state index in [1.165, 1.54) is 57.8 Å². The summed E-state index contributed by atoms with van der Waals surface area (Å²) in [6, 6.07) is 0.600. The summed E-state index contributed by atoms with van der Waals surface area (Å²) in [5, 5.41) is 3.59. The summed E-state index contributed by atoms with van der Waals surface area (Å²) in [7, 11) is 0. The van der Waals surface area contributed by atoms with Gasteiger partial charge in [0.15, 0.2) is 0 Å². The number of nitrogens with one attached hydrogen (secondary N) is 1. The predicted molar refractivity (Wildman–Crippen MR) is 81.5 cm³/mol. The topological polar surface area (TPSA) is 21.3 Å². The lowest BCUT2D eigenvalue weighted by molar-refractivity contribution is -0.0699. The largest absolute Gasteiger partial charge is 0.372 e. The van der Waals surface area contributed by atoms with Crippen LogP contribution in [0.1, 0.15) is 78.6 Å². The van der Waals surface area contributed by atoms with Crippen molar-refractivity contribution in [2.45, 2.75) is 96.3 Å². The molecular formula is C17H33NO. The first-order chi connectivity index (χ1) is 9.13. The van der Waals surface area contributed by atoms with Crippen LogP contribution in [0.3, 0.4) is 0 Å². The summed E-state index contributed by atoms with van der Waals surface area (Å²) in [5.41, 5.74) is 0.298. The van der Waals surface area contributed by atoms with Gasteiger partial charge in [0.25, 0.3) is 0 Å². The van der Waals surface area contributed by atoms with Gasteiger partial charge in [-0.2, -0.15) is 0 Å². The van der Waals surface area contributed by atoms with E-state index in [4.69, 9.17) is 4.74 Å². The molecule has 1 N–H and O–H groups in total. The van der Waals surface area contributed by atoms with E-state index in [1.54, 1.807) is 0 Å². The number of hydrogen-bond acceptors (Lipinski definition) is 2. The van der Waals surface area contributed by atoms with Crippen molar-refractivity contribution in [2.24, 2.45) is 5.92 Å². The Morgan fingerprint density at radius 2 is 1.89 bits per heavy atom. The van der Waals surface area contributed by atoms with Crippen molar-refractivity contribution in [1.29, 1.82) is 0 Å². The summed E-state index contributed by atoms with van der Waals surface area (Å²) in [4.78, 5) is 0. The Balaban J connectivity index is 1.76. The zero-order valence-corrected chi connectivity index (χ0v) is 13.2. The fraction of sp³-hybridized carbons (Fsp3) is 1.00. The van der Waals surface area contributed by atoms with Crippen molar-refractivity contribution in [2.75, 3.05) is 6.54 Å². The van der Waals surface area contributed by atoms with E-state index in [0.29, 0.717) is 17.7 Å². The Morgan fingerprint density at radius 3 is 2.53 bits per heavy atom. The van der Waals surface area contributed by atoms with E-state index in [1.807, 2.05) is 0 Å². The Morgan fingerprint density at radius 1 is 1.16 bits per heavy atom. The monoisotopic (exact) mass is 267 g/mol. The molecule has 2 aliphatic rings. The molecule has 1 aliphatic heterocycles. The normalized spacial score (nSPS) is 28.1. The van der Waals surface area contributed by atoms with Crippen molar-refractivity contribution in [1.82, 2.24) is 5.32 Å². The van der Waals surface area contributed by atoms with E-state index in [2.05, 4.69) is 26.1 Å². The van der Waals surface area contributed by atoms with Crippen molar-refractivity contribution in [3.05, 3.63) is 0 Å². The number of hydrogen-bond donors (Lipinski definition) is 1. The highest BCUT2D eigenvalue weighted by atomic mass is 16.5. The molecule has 112 valence electrons. The maximum atomic E-state index is 6.50. The lowest BCUT2D eigenvalue weighted by Gasteiger charge is -2.34. The molecule has 0 aromatic rings. The molecule has 0 radical (unpaired) electrons. The molecule has 0 amide bonds. The van der Waals surface area contributed by atoms with Gasteiger partial charge in [-0.15, -0.1) is 0 Å². The molecule has 1 aliphatic carbocycles. The second-order valence-electron chi connectivity index (χ2n) is 7.10. The van der Waals surface area contributed by atoms with Gasteiger partial charge in [0, 0.05) is 6.04 Å². The third-order valence-electron chi connectivity index (χ3n) is 5.09. The van der Waals surface area contributed by atoms with Gasteiger partial charge < -0.3 is 10.1 Å². The summed E-state index contributed by atoms with van der Waals surface area (Å²) in [6.45, 7) is 7.94. The minimum absolute atomic E-state index is 0.298. The third-order valence-corrected chi connectivity index (χ3v) is 5.09. The van der Waals surface area contributed by atoms with Crippen LogP contribution in [0.25, 0.3) is 0 Å². The predicted octanol–water partition coefficient (Wildman–Crippen LogP) is 4.28. The Kier molecular flexibility index (Phi) is 5.70. The van der Waals surface area contributed by atoms with Gasteiger partial charge >= 0.3 is 0 Å². The van der Waals surface area contributed by atoms with Crippen LogP contribution in [0.4, 0.5) is 0 Å². The Labute approximate surface area is 119 Å². The molecule has 0 bridgehead atoms. The van der Waals surface area contributed by atoms with Crippen LogP contribution in [-0.4, -0.2) is 24.3 Å². The quantitative estimate of drug-likeness (QED) is 0.775. The molecular weight excluding hydrogens is 234 g/mol. The second kappa shape index (κ2) is 7.08. The van der Waals surface area contributed by atoms with Crippen LogP contribution >= 0.6 is 0 Å². The fourth-order valence-electron chi connectivity index (χ4n) is 3.79. The van der Waals surface area contributed by atoms with Crippen LogP contribution in [0.15, 0.2) is 0 Å². The van der Waals surface area contributed by atoms with Crippen LogP contribution < -0.4 is 5.32 Å². The average Bonchev–Trinajstić information content (AvgIpc) is 2.78. The van der Waals surface area contributed by atoms with E-state index in [0.717, 1.165) is 12.5 Å². The zero-order valence-electron chi connectivity index (χ0n) is 13.2. The molecule has 1 heterocycles. The first kappa shape index (κ1) is 15.3. The molecule has 19 heavy (non-hydrogen) atoms. The number of rotatable bonds is 6. The number of ether oxygens (including phenoxy) is 1. The van der Waals surface area contributed by atoms with Crippen molar-refractivity contribution in [3.63, 3.8) is 0 Å². The van der Waals surface area contributed by atoms with Crippen molar-refractivity contribution in [3.8, 4) is 0 Å². The Bertz CT molecular complexity index is 258. The Hall–Kier alpha value is -0.0800. The summed E-state index contributed by atoms with van der Waals surface area (Å²) in [5.74, 6) is 0.783. The zero-order chi connectivity index (χ0) is 13.7. The van der Waals surface area contributed by atoms with E-state index >= 15 is 0 Å². The minimum atomic E-state index is 0.298. The summed E-state index contributed by atoms with van der Waals surface area (Å²) < 4.78 is 6.50.